The number of methoxy groups -OCH3 is 3. The van der Waals surface area contributed by atoms with Crippen LogP contribution in [0.25, 0.3) is 0 Å². The Morgan fingerprint density at radius 1 is 0.788 bits per heavy atom. The van der Waals surface area contributed by atoms with Crippen LogP contribution in [-0.4, -0.2) is 44.3 Å². The molecule has 0 radical (unpaired) electrons. The van der Waals surface area contributed by atoms with Crippen molar-refractivity contribution in [2.45, 2.75) is 74.8 Å². The lowest BCUT2D eigenvalue weighted by Crippen LogP contribution is -2.34. The van der Waals surface area contributed by atoms with Crippen LogP contribution in [0.5, 0.6) is 17.2 Å². The van der Waals surface area contributed by atoms with E-state index >= 15 is 0 Å². The van der Waals surface area contributed by atoms with E-state index < -0.39 is 0 Å². The Kier molecular flexibility index (Phi) is 5.13. The number of aliphatic hydroxyl groups excluding tert-OH is 1. The predicted molar refractivity (Wildman–Crippen MR) is 129 cm³/mol. The number of fused-ring (bicyclic) bond motifs is 3. The largest absolute Gasteiger partial charge is 0.496 e. The zero-order chi connectivity index (χ0) is 22.7. The fourth-order valence-corrected chi connectivity index (χ4v) is 6.04. The molecule has 0 aromatic heterocycles. The summed E-state index contributed by atoms with van der Waals surface area (Å²) in [6.45, 7) is 0. The van der Waals surface area contributed by atoms with E-state index in [4.69, 9.17) is 19.2 Å². The van der Waals surface area contributed by atoms with E-state index in [1.807, 2.05) is 0 Å². The Morgan fingerprint density at radius 3 is 2.18 bits per heavy atom. The number of benzene rings is 2. The highest BCUT2D eigenvalue weighted by Crippen LogP contribution is 2.54. The van der Waals surface area contributed by atoms with Crippen molar-refractivity contribution in [3.8, 4) is 17.2 Å². The molecule has 2 aromatic rings. The van der Waals surface area contributed by atoms with Crippen molar-refractivity contribution < 1.29 is 19.3 Å². The minimum Gasteiger partial charge on any atom is -0.496 e. The molecule has 0 saturated heterocycles. The van der Waals surface area contributed by atoms with Crippen LogP contribution in [0.15, 0.2) is 29.3 Å². The van der Waals surface area contributed by atoms with Crippen molar-refractivity contribution in [3.63, 3.8) is 0 Å². The second-order valence-corrected chi connectivity index (χ2v) is 10.1. The van der Waals surface area contributed by atoms with Crippen molar-refractivity contribution in [2.75, 3.05) is 21.3 Å². The van der Waals surface area contributed by atoms with E-state index in [9.17, 15) is 5.11 Å². The molecule has 5 nitrogen and oxygen atoms in total. The van der Waals surface area contributed by atoms with Crippen LogP contribution in [0, 0.1) is 0 Å². The smallest absolute Gasteiger partial charge is 0.161 e. The van der Waals surface area contributed by atoms with Crippen LogP contribution in [0.1, 0.15) is 90.5 Å². The number of hydrogen-bond donors (Lipinski definition) is 1. The first-order chi connectivity index (χ1) is 16.1. The molecule has 5 heteroatoms. The van der Waals surface area contributed by atoms with Gasteiger partial charge in [0.25, 0.3) is 0 Å². The standard InChI is InChI=1S/C28H33NO4/c1-31-24-13-20-21-12-17(30)8-11-23(21)29-27(22(20)14-25(24)32-2)19-10-9-18(15-4-5-15)26(16-6-7-16)28(19)33-3/h9-10,13-17,21,23,30H,4-8,11-12H2,1-3H3. The molecule has 6 rings (SSSR count). The van der Waals surface area contributed by atoms with Crippen molar-refractivity contribution in [3.05, 3.63) is 52.1 Å². The summed E-state index contributed by atoms with van der Waals surface area (Å²) in [6, 6.07) is 8.89. The SMILES string of the molecule is COc1cc2c(cc1OC)C1CC(O)CCC1N=C2c1ccc(C2CC2)c(C2CC2)c1OC. The second kappa shape index (κ2) is 8.05. The quantitative estimate of drug-likeness (QED) is 0.652. The maximum Gasteiger partial charge on any atom is 0.161 e. The fourth-order valence-electron chi connectivity index (χ4n) is 6.04. The Bertz CT molecular complexity index is 1120. The number of rotatable bonds is 6. The van der Waals surface area contributed by atoms with Crippen LogP contribution in [0.2, 0.25) is 0 Å². The van der Waals surface area contributed by atoms with Crippen molar-refractivity contribution in [1.82, 2.24) is 0 Å². The molecule has 1 heterocycles. The van der Waals surface area contributed by atoms with Gasteiger partial charge in [-0.05, 0) is 86.1 Å². The van der Waals surface area contributed by atoms with Gasteiger partial charge in [-0.15, -0.1) is 0 Å². The third kappa shape index (κ3) is 3.52. The molecule has 1 aliphatic heterocycles. The van der Waals surface area contributed by atoms with Crippen LogP contribution in [0.3, 0.4) is 0 Å². The molecule has 3 aliphatic carbocycles. The van der Waals surface area contributed by atoms with Crippen molar-refractivity contribution >= 4 is 5.71 Å². The number of hydrogen-bond acceptors (Lipinski definition) is 5. The monoisotopic (exact) mass is 447 g/mol. The summed E-state index contributed by atoms with van der Waals surface area (Å²) in [5.41, 5.74) is 7.25. The van der Waals surface area contributed by atoms with E-state index in [1.165, 1.54) is 42.4 Å². The second-order valence-electron chi connectivity index (χ2n) is 10.1. The van der Waals surface area contributed by atoms with Crippen LogP contribution in [0.4, 0.5) is 0 Å². The van der Waals surface area contributed by atoms with Gasteiger partial charge in [-0.25, -0.2) is 0 Å². The zero-order valence-electron chi connectivity index (χ0n) is 19.8. The van der Waals surface area contributed by atoms with Crippen molar-refractivity contribution in [2.24, 2.45) is 4.99 Å². The average molecular weight is 448 g/mol. The average Bonchev–Trinajstić information content (AvgIpc) is 3.75. The summed E-state index contributed by atoms with van der Waals surface area (Å²) in [4.78, 5) is 5.33. The van der Waals surface area contributed by atoms with E-state index in [2.05, 4.69) is 24.3 Å². The molecule has 0 spiro atoms. The van der Waals surface area contributed by atoms with Crippen molar-refractivity contribution in [1.29, 1.82) is 0 Å². The Morgan fingerprint density at radius 2 is 1.52 bits per heavy atom. The lowest BCUT2D eigenvalue weighted by molar-refractivity contribution is 0.111. The molecule has 0 amide bonds. The van der Waals surface area contributed by atoms with Gasteiger partial charge < -0.3 is 19.3 Å². The maximum absolute atomic E-state index is 10.4. The predicted octanol–water partition coefficient (Wildman–Crippen LogP) is 5.32. The molecular weight excluding hydrogens is 414 g/mol. The number of ether oxygens (including phenoxy) is 3. The molecule has 33 heavy (non-hydrogen) atoms. The first-order valence-corrected chi connectivity index (χ1v) is 12.4. The molecule has 3 unspecified atom stereocenters. The number of nitrogens with zero attached hydrogens (tertiary/aromatic N) is 1. The molecule has 3 atom stereocenters. The summed E-state index contributed by atoms with van der Waals surface area (Å²) in [5, 5.41) is 10.4. The molecular formula is C28H33NO4. The summed E-state index contributed by atoms with van der Waals surface area (Å²) < 4.78 is 17.5. The van der Waals surface area contributed by atoms with Crippen LogP contribution >= 0.6 is 0 Å². The molecule has 174 valence electrons. The van der Waals surface area contributed by atoms with Crippen LogP contribution < -0.4 is 14.2 Å². The number of aliphatic imine (C=N–C) groups is 1. The highest BCUT2D eigenvalue weighted by molar-refractivity contribution is 6.16. The van der Waals surface area contributed by atoms with Gasteiger partial charge in [0.15, 0.2) is 11.5 Å². The van der Waals surface area contributed by atoms with Gasteiger partial charge in [0.2, 0.25) is 0 Å². The first-order valence-electron chi connectivity index (χ1n) is 12.4. The van der Waals surface area contributed by atoms with Gasteiger partial charge in [-0.1, -0.05) is 6.07 Å². The molecule has 1 N–H and O–H groups in total. The van der Waals surface area contributed by atoms with E-state index in [1.54, 1.807) is 21.3 Å². The summed E-state index contributed by atoms with van der Waals surface area (Å²) >= 11 is 0. The van der Waals surface area contributed by atoms with Gasteiger partial charge in [0, 0.05) is 22.6 Å². The van der Waals surface area contributed by atoms with Gasteiger partial charge >= 0.3 is 0 Å². The summed E-state index contributed by atoms with van der Waals surface area (Å²) in [5.74, 6) is 3.93. The maximum atomic E-state index is 10.4. The first kappa shape index (κ1) is 21.0. The number of aliphatic hydroxyl groups is 1. The van der Waals surface area contributed by atoms with Gasteiger partial charge in [0.05, 0.1) is 39.2 Å². The lowest BCUT2D eigenvalue weighted by Gasteiger charge is -2.38. The van der Waals surface area contributed by atoms with Crippen LogP contribution in [-0.2, 0) is 0 Å². The third-order valence-electron chi connectivity index (χ3n) is 7.98. The molecule has 2 aromatic carbocycles. The molecule has 0 bridgehead atoms. The minimum absolute atomic E-state index is 0.159. The summed E-state index contributed by atoms with van der Waals surface area (Å²) in [6.07, 6.45) is 7.20. The Hall–Kier alpha value is -2.53. The lowest BCUT2D eigenvalue weighted by atomic mass is 9.73. The highest BCUT2D eigenvalue weighted by atomic mass is 16.5. The third-order valence-corrected chi connectivity index (χ3v) is 7.98. The molecule has 3 saturated carbocycles. The minimum atomic E-state index is -0.280. The van der Waals surface area contributed by atoms with Gasteiger partial charge in [-0.2, -0.15) is 0 Å². The normalized spacial score (nSPS) is 26.2. The van der Waals surface area contributed by atoms with Gasteiger partial charge in [-0.3, -0.25) is 4.99 Å². The van der Waals surface area contributed by atoms with E-state index in [0.717, 1.165) is 47.6 Å². The Balaban J connectivity index is 1.55. The summed E-state index contributed by atoms with van der Waals surface area (Å²) in [7, 11) is 5.16. The molecule has 3 fully saturated rings. The topological polar surface area (TPSA) is 60.3 Å². The Labute approximate surface area is 195 Å². The molecule has 4 aliphatic rings. The van der Waals surface area contributed by atoms with E-state index in [0.29, 0.717) is 17.6 Å². The highest BCUT2D eigenvalue weighted by Gasteiger charge is 2.40. The van der Waals surface area contributed by atoms with Gasteiger partial charge in [0.1, 0.15) is 5.75 Å². The van der Waals surface area contributed by atoms with E-state index in [-0.39, 0.29) is 18.1 Å². The zero-order valence-corrected chi connectivity index (χ0v) is 19.8. The fraction of sp³-hybridized carbons (Fsp3) is 0.536.